The number of benzene rings is 2. The number of hydrogen-bond acceptors (Lipinski definition) is 4. The van der Waals surface area contributed by atoms with Crippen LogP contribution in [0.3, 0.4) is 0 Å². The number of nitrogens with one attached hydrogen (secondary N) is 1. The molecule has 1 heterocycles. The van der Waals surface area contributed by atoms with Gasteiger partial charge in [0.05, 0.1) is 0 Å². The summed E-state index contributed by atoms with van der Waals surface area (Å²) in [7, 11) is 0. The van der Waals surface area contributed by atoms with Crippen LogP contribution in [0.4, 0.5) is 10.5 Å². The Balaban J connectivity index is 1.98. The van der Waals surface area contributed by atoms with Crippen LogP contribution in [0.1, 0.15) is 21.5 Å². The fourth-order valence-electron chi connectivity index (χ4n) is 3.31. The molecule has 0 aromatic heterocycles. The predicted octanol–water partition coefficient (Wildman–Crippen LogP) is 1.25. The molecule has 3 N–H and O–H groups in total. The fraction of sp³-hybridized carbons (Fsp3) is 0.176. The topological polar surface area (TPSA) is 89.9 Å². The average molecular weight is 310 g/mol. The molecule has 116 valence electrons. The van der Waals surface area contributed by atoms with E-state index in [-0.39, 0.29) is 11.1 Å². The molecule has 0 bridgehead atoms. The second kappa shape index (κ2) is 4.18. The van der Waals surface area contributed by atoms with Crippen LogP contribution in [0.15, 0.2) is 48.5 Å². The van der Waals surface area contributed by atoms with Crippen molar-refractivity contribution in [3.63, 3.8) is 0 Å². The van der Waals surface area contributed by atoms with Crippen molar-refractivity contribution in [1.29, 1.82) is 0 Å². The van der Waals surface area contributed by atoms with Crippen molar-refractivity contribution < 1.29 is 19.8 Å². The SMILES string of the molecule is Cc1ccc(N2C(=O)N[C@@]3(O)C(=O)c4ccccc4[C@]23O)cc1. The van der Waals surface area contributed by atoms with Gasteiger partial charge < -0.3 is 10.2 Å². The molecule has 2 aromatic carbocycles. The van der Waals surface area contributed by atoms with Crippen LogP contribution in [0.5, 0.6) is 0 Å². The number of hydrogen-bond donors (Lipinski definition) is 3. The molecule has 1 saturated heterocycles. The van der Waals surface area contributed by atoms with Gasteiger partial charge in [-0.2, -0.15) is 0 Å². The van der Waals surface area contributed by atoms with E-state index in [1.807, 2.05) is 6.92 Å². The third-order valence-corrected chi connectivity index (χ3v) is 4.49. The molecule has 1 aliphatic carbocycles. The molecular weight excluding hydrogens is 296 g/mol. The van der Waals surface area contributed by atoms with Gasteiger partial charge in [-0.25, -0.2) is 4.79 Å². The van der Waals surface area contributed by atoms with Gasteiger partial charge in [-0.15, -0.1) is 0 Å². The highest BCUT2D eigenvalue weighted by Crippen LogP contribution is 2.50. The number of ketones is 1. The number of aliphatic hydroxyl groups is 2. The number of Topliss-reactive ketones (excluding diaryl/α,β-unsaturated/α-hetero) is 1. The zero-order valence-electron chi connectivity index (χ0n) is 12.3. The van der Waals surface area contributed by atoms with E-state index in [1.54, 1.807) is 36.4 Å². The van der Waals surface area contributed by atoms with E-state index in [2.05, 4.69) is 5.32 Å². The zero-order chi connectivity index (χ0) is 16.4. The van der Waals surface area contributed by atoms with E-state index in [1.165, 1.54) is 12.1 Å². The van der Waals surface area contributed by atoms with Gasteiger partial charge in [0.15, 0.2) is 0 Å². The minimum absolute atomic E-state index is 0.189. The van der Waals surface area contributed by atoms with E-state index in [0.29, 0.717) is 5.69 Å². The standard InChI is InChI=1S/C17H14N2O4/c1-10-6-8-11(9-7-10)19-15(21)18-16(22)14(20)12-4-2-3-5-13(12)17(16,19)23/h2-9,22-23H,1H3,(H,18,21)/t16-,17-/m1/s1. The Kier molecular flexibility index (Phi) is 2.53. The van der Waals surface area contributed by atoms with E-state index in [4.69, 9.17) is 0 Å². The first-order valence-corrected chi connectivity index (χ1v) is 7.17. The van der Waals surface area contributed by atoms with Gasteiger partial charge in [0.1, 0.15) is 0 Å². The molecule has 0 radical (unpaired) electrons. The number of nitrogens with zero attached hydrogens (tertiary/aromatic N) is 1. The minimum Gasteiger partial charge on any atom is -0.362 e. The van der Waals surface area contributed by atoms with Crippen molar-refractivity contribution in [3.05, 3.63) is 65.2 Å². The first-order valence-electron chi connectivity index (χ1n) is 7.17. The Morgan fingerprint density at radius 2 is 1.65 bits per heavy atom. The highest BCUT2D eigenvalue weighted by atomic mass is 16.4. The third kappa shape index (κ3) is 1.49. The monoisotopic (exact) mass is 310 g/mol. The molecule has 23 heavy (non-hydrogen) atoms. The summed E-state index contributed by atoms with van der Waals surface area (Å²) in [6.07, 6.45) is 0. The van der Waals surface area contributed by atoms with Crippen molar-refractivity contribution >= 4 is 17.5 Å². The van der Waals surface area contributed by atoms with Gasteiger partial charge in [-0.05, 0) is 19.1 Å². The third-order valence-electron chi connectivity index (χ3n) is 4.49. The lowest BCUT2D eigenvalue weighted by Gasteiger charge is -2.35. The minimum atomic E-state index is -2.40. The molecule has 1 aliphatic heterocycles. The quantitative estimate of drug-likeness (QED) is 0.739. The van der Waals surface area contributed by atoms with Gasteiger partial charge in [-0.3, -0.25) is 15.0 Å². The van der Waals surface area contributed by atoms with Crippen molar-refractivity contribution in [1.82, 2.24) is 5.32 Å². The maximum absolute atomic E-state index is 12.5. The summed E-state index contributed by atoms with van der Waals surface area (Å²) >= 11 is 0. The lowest BCUT2D eigenvalue weighted by molar-refractivity contribution is -0.109. The van der Waals surface area contributed by atoms with Gasteiger partial charge >= 0.3 is 6.03 Å². The molecular formula is C17H14N2O4. The van der Waals surface area contributed by atoms with Crippen LogP contribution >= 0.6 is 0 Å². The van der Waals surface area contributed by atoms with Crippen molar-refractivity contribution in [2.24, 2.45) is 0 Å². The van der Waals surface area contributed by atoms with Gasteiger partial charge in [0.2, 0.25) is 11.5 Å². The highest BCUT2D eigenvalue weighted by molar-refractivity contribution is 6.15. The van der Waals surface area contributed by atoms with Gasteiger partial charge in [-0.1, -0.05) is 42.0 Å². The molecule has 1 fully saturated rings. The Morgan fingerprint density at radius 3 is 2.35 bits per heavy atom. The van der Waals surface area contributed by atoms with E-state index in [9.17, 15) is 19.8 Å². The Morgan fingerprint density at radius 1 is 1.00 bits per heavy atom. The molecule has 2 amide bonds. The highest BCUT2D eigenvalue weighted by Gasteiger charge is 2.72. The second-order valence-corrected chi connectivity index (χ2v) is 5.86. The normalized spacial score (nSPS) is 28.6. The summed E-state index contributed by atoms with van der Waals surface area (Å²) in [5.41, 5.74) is -2.83. The summed E-state index contributed by atoms with van der Waals surface area (Å²) in [6, 6.07) is 12.5. The molecule has 0 spiro atoms. The first kappa shape index (κ1) is 13.9. The summed E-state index contributed by atoms with van der Waals surface area (Å²) in [6.45, 7) is 1.90. The predicted molar refractivity (Wildman–Crippen MR) is 81.8 cm³/mol. The number of carbonyl (C=O) groups is 2. The lowest BCUT2D eigenvalue weighted by atomic mass is 9.98. The Bertz CT molecular complexity index is 848. The molecule has 0 saturated carbocycles. The fourth-order valence-corrected chi connectivity index (χ4v) is 3.31. The van der Waals surface area contributed by atoms with Crippen LogP contribution in [-0.2, 0) is 5.72 Å². The van der Waals surface area contributed by atoms with Crippen molar-refractivity contribution in [3.8, 4) is 0 Å². The largest absolute Gasteiger partial charge is 0.362 e. The summed E-state index contributed by atoms with van der Waals surface area (Å²) in [4.78, 5) is 25.9. The number of aryl methyl sites for hydroxylation is 1. The molecule has 2 aromatic rings. The Labute approximate surface area is 132 Å². The molecule has 2 aliphatic rings. The Hall–Kier alpha value is -2.70. The summed E-state index contributed by atoms with van der Waals surface area (Å²) < 4.78 is 0. The summed E-state index contributed by atoms with van der Waals surface area (Å²) in [5, 5.41) is 24.2. The number of fused-ring (bicyclic) bond motifs is 3. The smallest absolute Gasteiger partial charge is 0.327 e. The average Bonchev–Trinajstić information content (AvgIpc) is 2.84. The van der Waals surface area contributed by atoms with E-state index in [0.717, 1.165) is 10.5 Å². The molecule has 6 nitrogen and oxygen atoms in total. The van der Waals surface area contributed by atoms with Gasteiger partial charge in [0, 0.05) is 16.8 Å². The number of amides is 2. The summed E-state index contributed by atoms with van der Waals surface area (Å²) in [5.74, 6) is -0.724. The lowest BCUT2D eigenvalue weighted by Crippen LogP contribution is -2.59. The van der Waals surface area contributed by atoms with E-state index >= 15 is 0 Å². The van der Waals surface area contributed by atoms with Crippen LogP contribution in [0.2, 0.25) is 0 Å². The molecule has 2 atom stereocenters. The maximum Gasteiger partial charge on any atom is 0.327 e. The van der Waals surface area contributed by atoms with Crippen LogP contribution in [0, 0.1) is 6.92 Å². The second-order valence-electron chi connectivity index (χ2n) is 5.86. The number of carbonyl (C=O) groups excluding carboxylic acids is 2. The van der Waals surface area contributed by atoms with Crippen LogP contribution in [-0.4, -0.2) is 27.8 Å². The molecule has 6 heteroatoms. The first-order chi connectivity index (χ1) is 10.9. The van der Waals surface area contributed by atoms with Crippen molar-refractivity contribution in [2.45, 2.75) is 18.4 Å². The van der Waals surface area contributed by atoms with Crippen LogP contribution < -0.4 is 10.2 Å². The zero-order valence-corrected chi connectivity index (χ0v) is 12.3. The number of rotatable bonds is 1. The van der Waals surface area contributed by atoms with Gasteiger partial charge in [0.25, 0.3) is 5.72 Å². The number of anilines is 1. The molecule has 4 rings (SSSR count). The number of urea groups is 1. The molecule has 0 unspecified atom stereocenters. The van der Waals surface area contributed by atoms with E-state index < -0.39 is 23.3 Å². The maximum atomic E-state index is 12.5. The van der Waals surface area contributed by atoms with Crippen molar-refractivity contribution in [2.75, 3.05) is 4.90 Å². The van der Waals surface area contributed by atoms with Crippen LogP contribution in [0.25, 0.3) is 0 Å².